The van der Waals surface area contributed by atoms with Gasteiger partial charge in [-0.2, -0.15) is 4.31 Å². The van der Waals surface area contributed by atoms with Gasteiger partial charge >= 0.3 is 0 Å². The van der Waals surface area contributed by atoms with Crippen LogP contribution in [0.3, 0.4) is 0 Å². The maximum absolute atomic E-state index is 13.3. The maximum Gasteiger partial charge on any atom is 0.265 e. The SMILES string of the molecule is Cc1c(Cl)cccc1NC(=O)C1CCCN1S(=O)(=O)c1ccc2c(c1)NC(=O)C(C)O2. The Hall–Kier alpha value is -2.62. The molecule has 1 saturated heterocycles. The minimum Gasteiger partial charge on any atom is -0.479 e. The van der Waals surface area contributed by atoms with E-state index in [1.807, 2.05) is 0 Å². The summed E-state index contributed by atoms with van der Waals surface area (Å²) in [5.74, 6) is -0.356. The van der Waals surface area contributed by atoms with Crippen LogP contribution in [0, 0.1) is 6.92 Å². The predicted octanol–water partition coefficient (Wildman–Crippen LogP) is 3.16. The minimum absolute atomic E-state index is 0.0108. The molecule has 164 valence electrons. The van der Waals surface area contributed by atoms with E-state index >= 15 is 0 Å². The van der Waals surface area contributed by atoms with E-state index in [4.69, 9.17) is 16.3 Å². The van der Waals surface area contributed by atoms with Gasteiger partial charge in [0.05, 0.1) is 10.6 Å². The van der Waals surface area contributed by atoms with E-state index in [-0.39, 0.29) is 17.3 Å². The average Bonchev–Trinajstić information content (AvgIpc) is 3.23. The first-order valence-corrected chi connectivity index (χ1v) is 11.7. The Morgan fingerprint density at radius 2 is 2.06 bits per heavy atom. The summed E-state index contributed by atoms with van der Waals surface area (Å²) >= 11 is 6.12. The molecule has 2 aromatic carbocycles. The van der Waals surface area contributed by atoms with Crippen LogP contribution in [-0.2, 0) is 19.6 Å². The van der Waals surface area contributed by atoms with Crippen LogP contribution in [0.4, 0.5) is 11.4 Å². The fraction of sp³-hybridized carbons (Fsp3) is 0.333. The van der Waals surface area contributed by atoms with Crippen molar-refractivity contribution < 1.29 is 22.7 Å². The molecule has 4 rings (SSSR count). The van der Waals surface area contributed by atoms with Crippen molar-refractivity contribution in [2.75, 3.05) is 17.2 Å². The number of rotatable bonds is 4. The number of halogens is 1. The van der Waals surface area contributed by atoms with E-state index in [0.717, 1.165) is 0 Å². The van der Waals surface area contributed by atoms with Gasteiger partial charge in [0.1, 0.15) is 11.8 Å². The van der Waals surface area contributed by atoms with Gasteiger partial charge in [0.2, 0.25) is 15.9 Å². The lowest BCUT2D eigenvalue weighted by Crippen LogP contribution is -2.43. The van der Waals surface area contributed by atoms with Crippen molar-refractivity contribution >= 4 is 44.8 Å². The van der Waals surface area contributed by atoms with E-state index in [1.165, 1.54) is 22.5 Å². The second-order valence-corrected chi connectivity index (χ2v) is 9.88. The monoisotopic (exact) mass is 463 g/mol. The standard InChI is InChI=1S/C21H22ClN3O5S/c1-12-15(22)5-3-6-16(12)23-21(27)18-7-4-10-25(18)31(28,29)14-8-9-19-17(11-14)24-20(26)13(2)30-19/h3,5-6,8-9,11,13,18H,4,7,10H2,1-2H3,(H,23,27)(H,24,26). The topological polar surface area (TPSA) is 105 Å². The third-order valence-corrected chi connectivity index (χ3v) is 7.83. The van der Waals surface area contributed by atoms with Gasteiger partial charge in [-0.15, -0.1) is 0 Å². The molecule has 31 heavy (non-hydrogen) atoms. The molecule has 2 heterocycles. The fourth-order valence-corrected chi connectivity index (χ4v) is 5.59. The Morgan fingerprint density at radius 3 is 2.84 bits per heavy atom. The Balaban J connectivity index is 1.59. The van der Waals surface area contributed by atoms with Gasteiger partial charge in [-0.05, 0) is 62.6 Å². The first-order chi connectivity index (χ1) is 14.7. The van der Waals surface area contributed by atoms with Crippen LogP contribution in [0.5, 0.6) is 5.75 Å². The smallest absolute Gasteiger partial charge is 0.265 e. The van der Waals surface area contributed by atoms with Crippen molar-refractivity contribution in [3.63, 3.8) is 0 Å². The summed E-state index contributed by atoms with van der Waals surface area (Å²) in [6.07, 6.45) is 0.317. The largest absolute Gasteiger partial charge is 0.479 e. The highest BCUT2D eigenvalue weighted by Gasteiger charge is 2.40. The van der Waals surface area contributed by atoms with Crippen molar-refractivity contribution in [2.45, 2.75) is 43.7 Å². The summed E-state index contributed by atoms with van der Waals surface area (Å²) in [6.45, 7) is 3.62. The van der Waals surface area contributed by atoms with Gasteiger partial charge in [0.15, 0.2) is 6.10 Å². The van der Waals surface area contributed by atoms with Crippen molar-refractivity contribution in [2.24, 2.45) is 0 Å². The van der Waals surface area contributed by atoms with E-state index < -0.39 is 28.1 Å². The fourth-order valence-electron chi connectivity index (χ4n) is 3.73. The van der Waals surface area contributed by atoms with E-state index in [0.29, 0.717) is 40.6 Å². The zero-order valence-corrected chi connectivity index (χ0v) is 18.6. The number of anilines is 2. The highest BCUT2D eigenvalue weighted by Crippen LogP contribution is 2.35. The van der Waals surface area contributed by atoms with Crippen molar-refractivity contribution in [1.29, 1.82) is 0 Å². The highest BCUT2D eigenvalue weighted by atomic mass is 35.5. The number of carbonyl (C=O) groups is 2. The summed E-state index contributed by atoms with van der Waals surface area (Å²) in [7, 11) is -3.97. The Labute approximate surface area is 185 Å². The first-order valence-electron chi connectivity index (χ1n) is 9.88. The second kappa shape index (κ2) is 8.14. The van der Waals surface area contributed by atoms with Gasteiger partial charge in [-0.1, -0.05) is 17.7 Å². The van der Waals surface area contributed by atoms with Crippen LogP contribution in [0.1, 0.15) is 25.3 Å². The summed E-state index contributed by atoms with van der Waals surface area (Å²) in [4.78, 5) is 24.8. The normalized spacial score (nSPS) is 21.2. The number of amides is 2. The number of fused-ring (bicyclic) bond motifs is 1. The third kappa shape index (κ3) is 4.00. The number of nitrogens with one attached hydrogen (secondary N) is 2. The molecule has 0 aliphatic carbocycles. The lowest BCUT2D eigenvalue weighted by molar-refractivity contribution is -0.122. The van der Waals surface area contributed by atoms with E-state index in [1.54, 1.807) is 32.0 Å². The molecule has 2 N–H and O–H groups in total. The lowest BCUT2D eigenvalue weighted by Gasteiger charge is -2.26. The van der Waals surface area contributed by atoms with Crippen molar-refractivity contribution in [3.8, 4) is 5.75 Å². The van der Waals surface area contributed by atoms with Crippen molar-refractivity contribution in [1.82, 2.24) is 4.31 Å². The molecule has 2 atom stereocenters. The third-order valence-electron chi connectivity index (χ3n) is 5.52. The molecule has 2 aliphatic heterocycles. The van der Waals surface area contributed by atoms with Crippen LogP contribution in [-0.4, -0.2) is 43.2 Å². The van der Waals surface area contributed by atoms with E-state index in [9.17, 15) is 18.0 Å². The number of benzene rings is 2. The van der Waals surface area contributed by atoms with Crippen LogP contribution in [0.2, 0.25) is 5.02 Å². The van der Waals surface area contributed by atoms with Gasteiger partial charge in [-0.3, -0.25) is 9.59 Å². The quantitative estimate of drug-likeness (QED) is 0.724. The molecule has 1 fully saturated rings. The van der Waals surface area contributed by atoms with Gasteiger partial charge in [0, 0.05) is 17.3 Å². The predicted molar refractivity (Wildman–Crippen MR) is 117 cm³/mol. The average molecular weight is 464 g/mol. The number of sulfonamides is 1. The summed E-state index contributed by atoms with van der Waals surface area (Å²) < 4.78 is 33.3. The van der Waals surface area contributed by atoms with Crippen LogP contribution in [0.25, 0.3) is 0 Å². The van der Waals surface area contributed by atoms with Gasteiger partial charge < -0.3 is 15.4 Å². The van der Waals surface area contributed by atoms with E-state index in [2.05, 4.69) is 10.6 Å². The molecule has 0 aromatic heterocycles. The molecule has 0 bridgehead atoms. The zero-order chi connectivity index (χ0) is 22.3. The molecule has 10 heteroatoms. The second-order valence-electron chi connectivity index (χ2n) is 7.58. The molecule has 2 unspecified atom stereocenters. The number of hydrogen-bond acceptors (Lipinski definition) is 5. The van der Waals surface area contributed by atoms with Crippen LogP contribution >= 0.6 is 11.6 Å². The zero-order valence-electron chi connectivity index (χ0n) is 17.0. The Morgan fingerprint density at radius 1 is 1.29 bits per heavy atom. The number of carbonyl (C=O) groups excluding carboxylic acids is 2. The van der Waals surface area contributed by atoms with Gasteiger partial charge in [-0.25, -0.2) is 8.42 Å². The molecule has 0 saturated carbocycles. The highest BCUT2D eigenvalue weighted by molar-refractivity contribution is 7.89. The first kappa shape index (κ1) is 21.6. The summed E-state index contributed by atoms with van der Waals surface area (Å²) in [5, 5.41) is 5.97. The molecule has 0 radical (unpaired) electrons. The van der Waals surface area contributed by atoms with Crippen molar-refractivity contribution in [3.05, 3.63) is 47.0 Å². The molecule has 0 spiro atoms. The lowest BCUT2D eigenvalue weighted by atomic mass is 10.1. The Kier molecular flexibility index (Phi) is 5.67. The molecular formula is C21H22ClN3O5S. The summed E-state index contributed by atoms with van der Waals surface area (Å²) in [5.41, 5.74) is 1.55. The number of nitrogens with zero attached hydrogens (tertiary/aromatic N) is 1. The molecule has 2 aromatic rings. The van der Waals surface area contributed by atoms with Gasteiger partial charge in [0.25, 0.3) is 5.91 Å². The maximum atomic E-state index is 13.3. The Bertz CT molecular complexity index is 1170. The molecule has 8 nitrogen and oxygen atoms in total. The molecular weight excluding hydrogens is 442 g/mol. The molecule has 2 amide bonds. The van der Waals surface area contributed by atoms with Crippen LogP contribution in [0.15, 0.2) is 41.3 Å². The summed E-state index contributed by atoms with van der Waals surface area (Å²) in [6, 6.07) is 8.62. The minimum atomic E-state index is -3.97. The number of ether oxygens (including phenoxy) is 1. The molecule has 2 aliphatic rings. The van der Waals surface area contributed by atoms with Crippen LogP contribution < -0.4 is 15.4 Å². The number of hydrogen-bond donors (Lipinski definition) is 2.